The van der Waals surface area contributed by atoms with Crippen molar-refractivity contribution in [3.05, 3.63) is 0 Å². The van der Waals surface area contributed by atoms with Crippen molar-refractivity contribution in [2.75, 3.05) is 0 Å². The standard InChI is InChI=1S/C33H68/c1-4-5-6-7-8-9-10-11-12-13-14-15-16-17-18-19-20-21-22-23-24-25-26-27-28-29-30-31-32-33(2)3/h33H,4-32H2,1-3H3. The summed E-state index contributed by atoms with van der Waals surface area (Å²) < 4.78 is 0. The summed E-state index contributed by atoms with van der Waals surface area (Å²) in [6, 6.07) is 0. The van der Waals surface area contributed by atoms with Crippen LogP contribution in [-0.2, 0) is 0 Å². The average Bonchev–Trinajstić information content (AvgIpc) is 2.80. The van der Waals surface area contributed by atoms with Crippen LogP contribution in [0.1, 0.15) is 207 Å². The zero-order valence-electron chi connectivity index (χ0n) is 24.1. The minimum atomic E-state index is 0.897. The van der Waals surface area contributed by atoms with E-state index in [1.165, 1.54) is 186 Å². The molecule has 0 aromatic rings. The quantitative estimate of drug-likeness (QED) is 0.0965. The van der Waals surface area contributed by atoms with Gasteiger partial charge in [-0.2, -0.15) is 0 Å². The second kappa shape index (κ2) is 30.0. The molecule has 0 heterocycles. The fourth-order valence-electron chi connectivity index (χ4n) is 5.22. The van der Waals surface area contributed by atoms with Crippen LogP contribution >= 0.6 is 0 Å². The van der Waals surface area contributed by atoms with Crippen molar-refractivity contribution in [1.29, 1.82) is 0 Å². The molecule has 0 fully saturated rings. The Morgan fingerprint density at radius 1 is 0.273 bits per heavy atom. The lowest BCUT2D eigenvalue weighted by molar-refractivity contribution is 0.500. The Labute approximate surface area is 212 Å². The molecule has 0 saturated carbocycles. The Balaban J connectivity index is 3.00. The Morgan fingerprint density at radius 3 is 0.636 bits per heavy atom. The van der Waals surface area contributed by atoms with Crippen LogP contribution in [-0.4, -0.2) is 0 Å². The van der Waals surface area contributed by atoms with E-state index in [9.17, 15) is 0 Å². The first-order valence-corrected chi connectivity index (χ1v) is 16.3. The molecule has 0 aliphatic rings. The van der Waals surface area contributed by atoms with Crippen LogP contribution < -0.4 is 0 Å². The number of hydrogen-bond donors (Lipinski definition) is 0. The molecule has 0 aliphatic heterocycles. The van der Waals surface area contributed by atoms with Crippen molar-refractivity contribution in [3.63, 3.8) is 0 Å². The van der Waals surface area contributed by atoms with Crippen LogP contribution in [0.15, 0.2) is 0 Å². The molecule has 0 atom stereocenters. The summed E-state index contributed by atoms with van der Waals surface area (Å²) in [6.45, 7) is 7.00. The minimum Gasteiger partial charge on any atom is -0.0654 e. The Kier molecular flexibility index (Phi) is 30.0. The molecular weight excluding hydrogens is 396 g/mol. The van der Waals surface area contributed by atoms with E-state index in [2.05, 4.69) is 20.8 Å². The van der Waals surface area contributed by atoms with Gasteiger partial charge in [-0.1, -0.05) is 207 Å². The monoisotopic (exact) mass is 465 g/mol. The number of unbranched alkanes of at least 4 members (excludes halogenated alkanes) is 27. The van der Waals surface area contributed by atoms with Gasteiger partial charge in [0.1, 0.15) is 0 Å². The summed E-state index contributed by atoms with van der Waals surface area (Å²) in [5, 5.41) is 0. The second-order valence-corrected chi connectivity index (χ2v) is 11.7. The van der Waals surface area contributed by atoms with E-state index >= 15 is 0 Å². The van der Waals surface area contributed by atoms with E-state index in [0.29, 0.717) is 0 Å². The van der Waals surface area contributed by atoms with Crippen LogP contribution in [0.25, 0.3) is 0 Å². The molecule has 0 spiro atoms. The molecule has 0 saturated heterocycles. The number of hydrogen-bond acceptors (Lipinski definition) is 0. The Bertz CT molecular complexity index is 318. The molecule has 0 aliphatic carbocycles. The highest BCUT2D eigenvalue weighted by Crippen LogP contribution is 2.16. The van der Waals surface area contributed by atoms with Crippen molar-refractivity contribution >= 4 is 0 Å². The lowest BCUT2D eigenvalue weighted by atomic mass is 10.0. The van der Waals surface area contributed by atoms with Crippen LogP contribution in [0.5, 0.6) is 0 Å². The molecule has 33 heavy (non-hydrogen) atoms. The van der Waals surface area contributed by atoms with Gasteiger partial charge < -0.3 is 0 Å². The van der Waals surface area contributed by atoms with Gasteiger partial charge in [-0.3, -0.25) is 0 Å². The third-order valence-corrected chi connectivity index (χ3v) is 7.64. The van der Waals surface area contributed by atoms with Gasteiger partial charge in [0.25, 0.3) is 0 Å². The van der Waals surface area contributed by atoms with Crippen molar-refractivity contribution in [2.45, 2.75) is 207 Å². The van der Waals surface area contributed by atoms with Gasteiger partial charge in [-0.25, -0.2) is 0 Å². The first-order chi connectivity index (χ1) is 16.3. The van der Waals surface area contributed by atoms with E-state index in [-0.39, 0.29) is 0 Å². The molecule has 0 N–H and O–H groups in total. The van der Waals surface area contributed by atoms with Gasteiger partial charge in [0.2, 0.25) is 0 Å². The van der Waals surface area contributed by atoms with Crippen molar-refractivity contribution in [2.24, 2.45) is 5.92 Å². The maximum absolute atomic E-state index is 2.35. The average molecular weight is 465 g/mol. The van der Waals surface area contributed by atoms with E-state index < -0.39 is 0 Å². The number of rotatable bonds is 29. The van der Waals surface area contributed by atoms with Gasteiger partial charge >= 0.3 is 0 Å². The molecular formula is C33H68. The maximum atomic E-state index is 2.35. The van der Waals surface area contributed by atoms with Crippen molar-refractivity contribution in [3.8, 4) is 0 Å². The van der Waals surface area contributed by atoms with Gasteiger partial charge in [0.15, 0.2) is 0 Å². The summed E-state index contributed by atoms with van der Waals surface area (Å²) in [5.41, 5.74) is 0. The van der Waals surface area contributed by atoms with Crippen LogP contribution in [0.2, 0.25) is 0 Å². The topological polar surface area (TPSA) is 0 Å². The fourth-order valence-corrected chi connectivity index (χ4v) is 5.22. The Morgan fingerprint density at radius 2 is 0.455 bits per heavy atom. The molecule has 0 aromatic heterocycles. The third kappa shape index (κ3) is 32.0. The zero-order valence-corrected chi connectivity index (χ0v) is 24.1. The molecule has 0 unspecified atom stereocenters. The molecule has 0 bridgehead atoms. The van der Waals surface area contributed by atoms with Crippen LogP contribution in [0.4, 0.5) is 0 Å². The van der Waals surface area contributed by atoms with Crippen molar-refractivity contribution < 1.29 is 0 Å². The molecule has 200 valence electrons. The van der Waals surface area contributed by atoms with Gasteiger partial charge in [0.05, 0.1) is 0 Å². The highest BCUT2D eigenvalue weighted by Gasteiger charge is 1.97. The normalized spacial score (nSPS) is 11.6. The molecule has 0 radical (unpaired) electrons. The summed E-state index contributed by atoms with van der Waals surface area (Å²) >= 11 is 0. The highest BCUT2D eigenvalue weighted by molar-refractivity contribution is 4.52. The lowest BCUT2D eigenvalue weighted by Crippen LogP contribution is -1.87. The zero-order chi connectivity index (χ0) is 24.1. The predicted octanol–water partition coefficient (Wildman–Crippen LogP) is 13.0. The summed E-state index contributed by atoms with van der Waals surface area (Å²) in [7, 11) is 0. The molecule has 0 rings (SSSR count). The van der Waals surface area contributed by atoms with Gasteiger partial charge in [-0.15, -0.1) is 0 Å². The smallest absolute Gasteiger partial charge is 0.0471 e. The summed E-state index contributed by atoms with van der Waals surface area (Å²) in [6.07, 6.45) is 42.9. The molecule has 0 nitrogen and oxygen atoms in total. The maximum Gasteiger partial charge on any atom is -0.0471 e. The summed E-state index contributed by atoms with van der Waals surface area (Å²) in [5.74, 6) is 0.897. The lowest BCUT2D eigenvalue weighted by Gasteiger charge is -2.05. The molecule has 0 amide bonds. The van der Waals surface area contributed by atoms with Gasteiger partial charge in [-0.05, 0) is 5.92 Å². The van der Waals surface area contributed by atoms with E-state index in [0.717, 1.165) is 5.92 Å². The predicted molar refractivity (Wildman–Crippen MR) is 154 cm³/mol. The van der Waals surface area contributed by atoms with Gasteiger partial charge in [0, 0.05) is 0 Å². The fraction of sp³-hybridized carbons (Fsp3) is 1.00. The first kappa shape index (κ1) is 33.0. The largest absolute Gasteiger partial charge is 0.0654 e. The van der Waals surface area contributed by atoms with E-state index in [1.54, 1.807) is 0 Å². The van der Waals surface area contributed by atoms with E-state index in [4.69, 9.17) is 0 Å². The highest BCUT2D eigenvalue weighted by atomic mass is 14.0. The second-order valence-electron chi connectivity index (χ2n) is 11.7. The minimum absolute atomic E-state index is 0.897. The third-order valence-electron chi connectivity index (χ3n) is 7.64. The molecule has 0 heteroatoms. The summed E-state index contributed by atoms with van der Waals surface area (Å²) in [4.78, 5) is 0. The SMILES string of the molecule is CCCCCCCCCCCCCCCCCCCCCCCCCCCCCCC(C)C. The van der Waals surface area contributed by atoms with Crippen LogP contribution in [0.3, 0.4) is 0 Å². The van der Waals surface area contributed by atoms with E-state index in [1.807, 2.05) is 0 Å². The Hall–Kier alpha value is 0. The van der Waals surface area contributed by atoms with Crippen LogP contribution in [0, 0.1) is 5.92 Å². The van der Waals surface area contributed by atoms with Crippen molar-refractivity contribution in [1.82, 2.24) is 0 Å². The first-order valence-electron chi connectivity index (χ1n) is 16.3. The molecule has 0 aromatic carbocycles.